The second-order valence-electron chi connectivity index (χ2n) is 4.64. The van der Waals surface area contributed by atoms with Gasteiger partial charge in [-0.15, -0.1) is 0 Å². The van der Waals surface area contributed by atoms with Gasteiger partial charge in [-0.2, -0.15) is 13.2 Å². The third kappa shape index (κ3) is 6.61. The van der Waals surface area contributed by atoms with Crippen LogP contribution in [0.3, 0.4) is 0 Å². The van der Waals surface area contributed by atoms with Gasteiger partial charge in [0.05, 0.1) is 0 Å². The van der Waals surface area contributed by atoms with Crippen molar-refractivity contribution < 1.29 is 13.2 Å². The second-order valence-corrected chi connectivity index (χ2v) is 7.81. The molecule has 0 saturated carbocycles. The van der Waals surface area contributed by atoms with Gasteiger partial charge in [0.25, 0.3) is 0 Å². The van der Waals surface area contributed by atoms with Crippen LogP contribution in [0.1, 0.15) is 41.0 Å². The maximum absolute atomic E-state index is 12.7. The first-order valence-corrected chi connectivity index (χ1v) is 7.20. The summed E-state index contributed by atoms with van der Waals surface area (Å²) in [5.74, 6) is -0.329. The molecule has 0 aliphatic heterocycles. The van der Waals surface area contributed by atoms with Gasteiger partial charge in [-0.05, 0) is 5.92 Å². The van der Waals surface area contributed by atoms with Gasteiger partial charge in [-0.25, -0.2) is 0 Å². The van der Waals surface area contributed by atoms with Crippen molar-refractivity contribution in [2.24, 2.45) is 5.92 Å². The number of hydrogen-bond acceptors (Lipinski definition) is 2. The first-order chi connectivity index (χ1) is 6.58. The van der Waals surface area contributed by atoms with Crippen molar-refractivity contribution in [1.29, 1.82) is 0 Å². The van der Waals surface area contributed by atoms with Gasteiger partial charge in [0.15, 0.2) is 0 Å². The highest BCUT2D eigenvalue weighted by molar-refractivity contribution is 8.77. The van der Waals surface area contributed by atoms with Crippen LogP contribution in [0.15, 0.2) is 0 Å². The molecule has 0 fully saturated rings. The van der Waals surface area contributed by atoms with Gasteiger partial charge in [0.1, 0.15) is 5.25 Å². The largest absolute Gasteiger partial charge is 0.401 e. The summed E-state index contributed by atoms with van der Waals surface area (Å²) in [5.41, 5.74) is 0. The van der Waals surface area contributed by atoms with E-state index in [-0.39, 0.29) is 10.7 Å². The Morgan fingerprint density at radius 2 is 1.60 bits per heavy atom. The van der Waals surface area contributed by atoms with Gasteiger partial charge in [0, 0.05) is 4.75 Å². The third-order valence-corrected chi connectivity index (χ3v) is 5.83. The molecule has 0 spiro atoms. The lowest BCUT2D eigenvalue weighted by atomic mass is 10.0. The highest BCUT2D eigenvalue weighted by atomic mass is 33.1. The maximum atomic E-state index is 12.7. The van der Waals surface area contributed by atoms with Crippen molar-refractivity contribution >= 4 is 21.6 Å². The molecule has 0 amide bonds. The molecule has 0 aromatic carbocycles. The Kier molecular flexibility index (Phi) is 5.90. The van der Waals surface area contributed by atoms with Crippen LogP contribution in [-0.4, -0.2) is 16.2 Å². The molecule has 2 atom stereocenters. The molecule has 0 radical (unpaired) electrons. The van der Waals surface area contributed by atoms with Crippen molar-refractivity contribution in [2.75, 3.05) is 0 Å². The summed E-state index contributed by atoms with van der Waals surface area (Å²) in [5, 5.41) is -1.26. The third-order valence-electron chi connectivity index (χ3n) is 1.89. The topological polar surface area (TPSA) is 0 Å². The van der Waals surface area contributed by atoms with E-state index in [1.54, 1.807) is 13.8 Å². The van der Waals surface area contributed by atoms with Gasteiger partial charge in [0.2, 0.25) is 0 Å². The summed E-state index contributed by atoms with van der Waals surface area (Å²) in [6, 6.07) is 0. The first kappa shape index (κ1) is 15.5. The lowest BCUT2D eigenvalue weighted by Gasteiger charge is -2.27. The molecule has 0 bridgehead atoms. The molecule has 0 aromatic rings. The fourth-order valence-electron chi connectivity index (χ4n) is 0.882. The van der Waals surface area contributed by atoms with Crippen LogP contribution in [-0.2, 0) is 0 Å². The fraction of sp³-hybridized carbons (Fsp3) is 1.00. The molecule has 5 heteroatoms. The lowest BCUT2D eigenvalue weighted by Crippen LogP contribution is -2.31. The van der Waals surface area contributed by atoms with Crippen LogP contribution in [0, 0.1) is 5.92 Å². The van der Waals surface area contributed by atoms with Crippen LogP contribution < -0.4 is 0 Å². The Morgan fingerprint density at radius 3 is 1.87 bits per heavy atom. The average Bonchev–Trinajstić information content (AvgIpc) is 1.99. The van der Waals surface area contributed by atoms with Gasteiger partial charge >= 0.3 is 6.18 Å². The van der Waals surface area contributed by atoms with Gasteiger partial charge in [-0.1, -0.05) is 62.6 Å². The van der Waals surface area contributed by atoms with E-state index in [1.165, 1.54) is 10.8 Å². The molecule has 0 heterocycles. The van der Waals surface area contributed by atoms with E-state index in [0.29, 0.717) is 6.42 Å². The van der Waals surface area contributed by atoms with Crippen LogP contribution in [0.5, 0.6) is 0 Å². The summed E-state index contributed by atoms with van der Waals surface area (Å²) < 4.78 is 38.0. The Bertz CT molecular complexity index is 184. The average molecular weight is 260 g/mol. The molecule has 0 nitrogen and oxygen atoms in total. The van der Waals surface area contributed by atoms with Crippen LogP contribution >= 0.6 is 21.6 Å². The standard InChI is InChI=1S/C10H19F3S2/c1-6-7(2)8(10(11,12)13)14-15-9(3,4)5/h7-8H,6H2,1-5H3/t7?,8-/m0/s1. The highest BCUT2D eigenvalue weighted by Gasteiger charge is 2.43. The predicted octanol–water partition coefficient (Wildman–Crippen LogP) is 5.14. The summed E-state index contributed by atoms with van der Waals surface area (Å²) in [6.07, 6.45) is -3.54. The van der Waals surface area contributed by atoms with E-state index in [2.05, 4.69) is 0 Å². The van der Waals surface area contributed by atoms with Crippen molar-refractivity contribution in [3.63, 3.8) is 0 Å². The minimum atomic E-state index is -4.10. The zero-order valence-electron chi connectivity index (χ0n) is 9.81. The van der Waals surface area contributed by atoms with Crippen molar-refractivity contribution in [2.45, 2.75) is 57.2 Å². The van der Waals surface area contributed by atoms with E-state index in [0.717, 1.165) is 10.8 Å². The zero-order valence-corrected chi connectivity index (χ0v) is 11.4. The number of alkyl halides is 3. The van der Waals surface area contributed by atoms with E-state index >= 15 is 0 Å². The van der Waals surface area contributed by atoms with Gasteiger partial charge < -0.3 is 0 Å². The van der Waals surface area contributed by atoms with E-state index in [9.17, 15) is 13.2 Å². The Balaban J connectivity index is 4.40. The number of halogens is 3. The smallest absolute Gasteiger partial charge is 0.170 e. The zero-order chi connectivity index (χ0) is 12.3. The molecule has 0 saturated heterocycles. The molecule has 0 aliphatic rings. The summed E-state index contributed by atoms with van der Waals surface area (Å²) in [4.78, 5) is 0. The number of rotatable bonds is 4. The molecule has 0 N–H and O–H groups in total. The van der Waals surface area contributed by atoms with Crippen molar-refractivity contribution in [3.05, 3.63) is 0 Å². The van der Waals surface area contributed by atoms with Crippen LogP contribution in [0.25, 0.3) is 0 Å². The second kappa shape index (κ2) is 5.71. The fourth-order valence-corrected chi connectivity index (χ4v) is 3.84. The predicted molar refractivity (Wildman–Crippen MR) is 64.2 cm³/mol. The molecule has 0 aromatic heterocycles. The Labute approximate surface area is 98.2 Å². The van der Waals surface area contributed by atoms with Gasteiger partial charge in [-0.3, -0.25) is 0 Å². The minimum Gasteiger partial charge on any atom is -0.170 e. The summed E-state index contributed by atoms with van der Waals surface area (Å²) in [7, 11) is 2.27. The minimum absolute atomic E-state index is 0.137. The van der Waals surface area contributed by atoms with E-state index in [1.807, 2.05) is 20.8 Å². The summed E-state index contributed by atoms with van der Waals surface area (Å²) >= 11 is 0. The monoisotopic (exact) mass is 260 g/mol. The highest BCUT2D eigenvalue weighted by Crippen LogP contribution is 2.46. The molecule has 15 heavy (non-hydrogen) atoms. The SMILES string of the molecule is CCC(C)[C@H](SSC(C)(C)C)C(F)(F)F. The molecule has 1 unspecified atom stereocenters. The number of hydrogen-bond donors (Lipinski definition) is 0. The molecule has 0 aliphatic carbocycles. The molecular weight excluding hydrogens is 241 g/mol. The summed E-state index contributed by atoms with van der Waals surface area (Å²) in [6.45, 7) is 9.23. The Hall–Kier alpha value is 0.490. The van der Waals surface area contributed by atoms with Crippen LogP contribution in [0.2, 0.25) is 0 Å². The van der Waals surface area contributed by atoms with E-state index in [4.69, 9.17) is 0 Å². The molecule has 0 rings (SSSR count). The van der Waals surface area contributed by atoms with Crippen molar-refractivity contribution in [3.8, 4) is 0 Å². The quantitative estimate of drug-likeness (QED) is 0.642. The normalized spacial score (nSPS) is 17.6. The van der Waals surface area contributed by atoms with Crippen molar-refractivity contribution in [1.82, 2.24) is 0 Å². The van der Waals surface area contributed by atoms with Crippen LogP contribution in [0.4, 0.5) is 13.2 Å². The molecule has 92 valence electrons. The maximum Gasteiger partial charge on any atom is 0.401 e. The molecular formula is C10H19F3S2. The Morgan fingerprint density at radius 1 is 1.13 bits per heavy atom. The van der Waals surface area contributed by atoms with E-state index < -0.39 is 11.4 Å². The lowest BCUT2D eigenvalue weighted by molar-refractivity contribution is -0.136. The first-order valence-electron chi connectivity index (χ1n) is 4.99.